The predicted molar refractivity (Wildman–Crippen MR) is 74.0 cm³/mol. The molecule has 0 amide bonds. The third-order valence-electron chi connectivity index (χ3n) is 2.79. The van der Waals surface area contributed by atoms with Gasteiger partial charge in [-0.3, -0.25) is 0 Å². The maximum Gasteiger partial charge on any atom is 0 e. The van der Waals surface area contributed by atoms with Crippen molar-refractivity contribution in [3.8, 4) is 0 Å². The topological polar surface area (TPSA) is 59.7 Å². The van der Waals surface area contributed by atoms with Crippen LogP contribution in [-0.2, 0) is 37.7 Å². The second-order valence-corrected chi connectivity index (χ2v) is 3.75. The molecule has 4 heteroatoms. The van der Waals surface area contributed by atoms with Crippen molar-refractivity contribution in [2.75, 3.05) is 0 Å². The molecule has 1 aromatic carbocycles. The largest absolute Gasteiger partial charge is 0 e. The predicted octanol–water partition coefficient (Wildman–Crippen LogP) is 3.87. The van der Waals surface area contributed by atoms with Gasteiger partial charge in [-0.15, -0.1) is 6.58 Å². The monoisotopic (exact) mass is 320 g/mol. The van der Waals surface area contributed by atoms with E-state index in [1.807, 2.05) is 6.08 Å². The molecular weight excluding hydrogens is 304 g/mol. The first kappa shape index (κ1) is 24.5. The number of fused-ring (bicyclic) bond motifs is 1. The fourth-order valence-corrected chi connectivity index (χ4v) is 2.06. The molecule has 0 fully saturated rings. The normalized spacial score (nSPS) is 9.90. The Kier molecular flexibility index (Phi) is 21.5. The third-order valence-corrected chi connectivity index (χ3v) is 2.79. The van der Waals surface area contributed by atoms with Crippen LogP contribution in [0.1, 0.15) is 30.4 Å². The smallest absolute Gasteiger partial charge is 0 e. The Hall–Kier alpha value is -1.55. The van der Waals surface area contributed by atoms with Gasteiger partial charge >= 0.3 is 33.9 Å². The molecule has 1 aromatic rings. The second kappa shape index (κ2) is 18.5. The van der Waals surface area contributed by atoms with Crippen LogP contribution in [0, 0.1) is 20.0 Å². The van der Waals surface area contributed by atoms with E-state index in [-0.39, 0.29) is 17.4 Å². The zero-order valence-corrected chi connectivity index (χ0v) is 12.9. The second-order valence-electron chi connectivity index (χ2n) is 3.75. The minimum atomic E-state index is 0. The van der Waals surface area contributed by atoms with Gasteiger partial charge in [-0.05, 0) is 42.4 Å². The summed E-state index contributed by atoms with van der Waals surface area (Å²) in [4.78, 5) is 0. The van der Waals surface area contributed by atoms with Crippen LogP contribution in [0.15, 0.2) is 43.0 Å². The van der Waals surface area contributed by atoms with Crippen LogP contribution in [0.25, 0.3) is 5.57 Å². The van der Waals surface area contributed by atoms with Gasteiger partial charge in [-0.2, -0.15) is 0 Å². The number of aryl methyl sites for hydroxylation is 1. The zero-order valence-electron chi connectivity index (χ0n) is 11.6. The molecule has 0 bridgehead atoms. The fourth-order valence-electron chi connectivity index (χ4n) is 2.06. The summed E-state index contributed by atoms with van der Waals surface area (Å²) in [6.07, 6.45) is 9.00. The van der Waals surface area contributed by atoms with Crippen molar-refractivity contribution in [1.29, 1.82) is 0 Å². The molecule has 0 heterocycles. The first-order chi connectivity index (χ1) is 9.92. The molecule has 0 radical (unpaired) electrons. The summed E-state index contributed by atoms with van der Waals surface area (Å²) in [5.74, 6) is 0. The van der Waals surface area contributed by atoms with Gasteiger partial charge in [0.25, 0.3) is 0 Å². The van der Waals surface area contributed by atoms with Gasteiger partial charge in [0.15, 0.2) is 0 Å². The van der Waals surface area contributed by atoms with Crippen molar-refractivity contribution in [3.05, 3.63) is 74.1 Å². The van der Waals surface area contributed by atoms with E-state index in [0.717, 1.165) is 12.8 Å². The summed E-state index contributed by atoms with van der Waals surface area (Å²) in [6, 6.07) is 8.75. The van der Waals surface area contributed by atoms with E-state index < -0.39 is 0 Å². The van der Waals surface area contributed by atoms with Gasteiger partial charge < -0.3 is 0 Å². The van der Waals surface area contributed by atoms with E-state index in [9.17, 15) is 0 Å². The van der Waals surface area contributed by atoms with Gasteiger partial charge in [-0.25, -0.2) is 0 Å². The van der Waals surface area contributed by atoms with Crippen molar-refractivity contribution in [2.45, 2.75) is 25.7 Å². The van der Waals surface area contributed by atoms with Crippen LogP contribution in [-0.4, -0.2) is 0 Å². The average molecular weight is 320 g/mol. The number of benzene rings is 1. The first-order valence-corrected chi connectivity index (χ1v) is 5.91. The van der Waals surface area contributed by atoms with Crippen molar-refractivity contribution in [3.63, 3.8) is 0 Å². The summed E-state index contributed by atoms with van der Waals surface area (Å²) in [7, 11) is 0. The van der Waals surface area contributed by atoms with Crippen molar-refractivity contribution >= 4 is 5.57 Å². The maximum absolute atomic E-state index is 7.50. The van der Waals surface area contributed by atoms with E-state index in [1.165, 1.54) is 29.5 Å². The fraction of sp³-hybridized carbons (Fsp3) is 0.235. The summed E-state index contributed by atoms with van der Waals surface area (Å²) >= 11 is 0. The quantitative estimate of drug-likeness (QED) is 0.461. The third kappa shape index (κ3) is 9.08. The van der Waals surface area contributed by atoms with E-state index in [4.69, 9.17) is 14.0 Å². The zero-order chi connectivity index (χ0) is 15.8. The summed E-state index contributed by atoms with van der Waals surface area (Å²) in [5, 5.41) is 0. The van der Waals surface area contributed by atoms with Crippen molar-refractivity contribution in [2.24, 2.45) is 0 Å². The molecule has 0 saturated carbocycles. The standard InChI is InChI=1S/C14H16.3CO.Cr/c1-2-3-7-12-9-6-10-13-8-4-5-11-14(12)13;3*1-2;/h2,4-5,8-9,11H,1,3,6-7,10H2;;;;. The number of allylic oxidation sites excluding steroid dienone is 3. The van der Waals surface area contributed by atoms with E-state index in [1.54, 1.807) is 0 Å². The van der Waals surface area contributed by atoms with Crippen LogP contribution >= 0.6 is 0 Å². The molecule has 1 aliphatic carbocycles. The van der Waals surface area contributed by atoms with E-state index >= 15 is 0 Å². The Bertz CT molecular complexity index is 470. The molecule has 0 atom stereocenters. The molecule has 0 aliphatic heterocycles. The molecule has 108 valence electrons. The average Bonchev–Trinajstić information content (AvgIpc) is 2.58. The molecule has 21 heavy (non-hydrogen) atoms. The van der Waals surface area contributed by atoms with Gasteiger partial charge in [0.2, 0.25) is 0 Å². The Morgan fingerprint density at radius 3 is 2.19 bits per heavy atom. The number of rotatable bonds is 3. The van der Waals surface area contributed by atoms with Gasteiger partial charge in [0.1, 0.15) is 0 Å². The van der Waals surface area contributed by atoms with Gasteiger partial charge in [-0.1, -0.05) is 36.4 Å². The Morgan fingerprint density at radius 1 is 1.05 bits per heavy atom. The molecule has 1 aliphatic rings. The van der Waals surface area contributed by atoms with Gasteiger partial charge in [0.05, 0.1) is 0 Å². The maximum atomic E-state index is 7.50. The van der Waals surface area contributed by atoms with E-state index in [0.29, 0.717) is 0 Å². The van der Waals surface area contributed by atoms with Crippen LogP contribution in [0.5, 0.6) is 0 Å². The molecule has 2 rings (SSSR count). The summed E-state index contributed by atoms with van der Waals surface area (Å²) < 4.78 is 22.5. The van der Waals surface area contributed by atoms with Crippen LogP contribution in [0.3, 0.4) is 0 Å². The molecule has 0 N–H and O–H groups in total. The summed E-state index contributed by atoms with van der Waals surface area (Å²) in [6.45, 7) is 17.3. The van der Waals surface area contributed by atoms with Gasteiger partial charge in [0, 0.05) is 17.4 Å². The summed E-state index contributed by atoms with van der Waals surface area (Å²) in [5.41, 5.74) is 4.47. The Balaban J connectivity index is -0.000000414. The first-order valence-electron chi connectivity index (χ1n) is 5.91. The molecular formula is C17H16CrO3. The molecule has 0 aromatic heterocycles. The molecule has 0 unspecified atom stereocenters. The van der Waals surface area contributed by atoms with E-state index in [2.05, 4.69) is 56.9 Å². The molecule has 3 nitrogen and oxygen atoms in total. The SMILES string of the molecule is C=CCCC1=CCCc2ccccc21.[C-]#[O+].[C-]#[O+].[C-]#[O+].[Cr]. The Morgan fingerprint density at radius 2 is 1.62 bits per heavy atom. The van der Waals surface area contributed by atoms with Crippen molar-refractivity contribution < 1.29 is 31.3 Å². The van der Waals surface area contributed by atoms with Crippen LogP contribution in [0.4, 0.5) is 0 Å². The molecule has 0 saturated heterocycles. The minimum absolute atomic E-state index is 0. The Labute approximate surface area is 137 Å². The number of hydrogen-bond acceptors (Lipinski definition) is 0. The van der Waals surface area contributed by atoms with Crippen LogP contribution < -0.4 is 0 Å². The van der Waals surface area contributed by atoms with Crippen molar-refractivity contribution in [1.82, 2.24) is 0 Å². The van der Waals surface area contributed by atoms with Crippen LogP contribution in [0.2, 0.25) is 0 Å². The minimum Gasteiger partial charge on any atom is 0 e. The number of hydrogen-bond donors (Lipinski definition) is 0. The molecule has 0 spiro atoms.